The molecule has 3 aliphatic rings. The number of fused-ring (bicyclic) bond motifs is 3. The van der Waals surface area contributed by atoms with Crippen molar-refractivity contribution in [2.45, 2.75) is 38.5 Å². The van der Waals surface area contributed by atoms with Gasteiger partial charge in [0.05, 0.1) is 5.41 Å². The third-order valence-electron chi connectivity index (χ3n) is 8.16. The van der Waals surface area contributed by atoms with Crippen molar-refractivity contribution in [3.05, 3.63) is 71.3 Å². The molecule has 0 aliphatic heterocycles. The predicted molar refractivity (Wildman–Crippen MR) is 131 cm³/mol. The predicted octanol–water partition coefficient (Wildman–Crippen LogP) is 4.23. The van der Waals surface area contributed by atoms with Crippen LogP contribution in [-0.4, -0.2) is 42.8 Å². The van der Waals surface area contributed by atoms with Gasteiger partial charge in [-0.15, -0.1) is 0 Å². The average molecular weight is 475 g/mol. The van der Waals surface area contributed by atoms with Crippen LogP contribution in [0, 0.1) is 10.8 Å². The Labute approximate surface area is 204 Å². The largest absolute Gasteiger partial charge is 0.478 e. The Morgan fingerprint density at radius 3 is 2.20 bits per heavy atom. The number of aliphatic carboxylic acids is 1. The maximum absolute atomic E-state index is 13.1. The lowest BCUT2D eigenvalue weighted by atomic mass is 9.74. The smallest absolute Gasteiger partial charge is 0.407 e. The highest BCUT2D eigenvalue weighted by atomic mass is 16.5. The summed E-state index contributed by atoms with van der Waals surface area (Å²) in [6, 6.07) is 16.4. The number of alkyl carbamates (subject to hydrolysis) is 1. The zero-order valence-corrected chi connectivity index (χ0v) is 19.8. The fourth-order valence-electron chi connectivity index (χ4n) is 5.87. The van der Waals surface area contributed by atoms with Gasteiger partial charge in [-0.25, -0.2) is 9.59 Å². The van der Waals surface area contributed by atoms with E-state index in [9.17, 15) is 14.4 Å². The zero-order valence-electron chi connectivity index (χ0n) is 19.8. The van der Waals surface area contributed by atoms with Crippen LogP contribution in [0.4, 0.5) is 4.79 Å². The van der Waals surface area contributed by atoms with Gasteiger partial charge in [-0.2, -0.15) is 0 Å². The molecule has 2 amide bonds. The Morgan fingerprint density at radius 2 is 1.66 bits per heavy atom. The van der Waals surface area contributed by atoms with E-state index in [4.69, 9.17) is 9.84 Å². The maximum Gasteiger partial charge on any atom is 0.407 e. The van der Waals surface area contributed by atoms with Gasteiger partial charge in [-0.3, -0.25) is 4.79 Å². The molecule has 3 aliphatic carbocycles. The molecular weight excluding hydrogens is 444 g/mol. The van der Waals surface area contributed by atoms with Crippen LogP contribution in [-0.2, 0) is 14.3 Å². The van der Waals surface area contributed by atoms with E-state index in [1.54, 1.807) is 0 Å². The highest BCUT2D eigenvalue weighted by Gasteiger charge is 2.73. The Bertz CT molecular complexity index is 1170. The summed E-state index contributed by atoms with van der Waals surface area (Å²) < 4.78 is 5.64. The highest BCUT2D eigenvalue weighted by Crippen LogP contribution is 2.73. The standard InChI is InChI=1S/C28H30N2O5/c1-18(24(31)32)11-14-29-25(33)28(16-27(28)12-6-13-27)17-30-26(34)35-15-23-21-9-4-2-7-19(21)20-8-3-5-10-22(20)23/h2-5,7-11,23H,6,12-17H2,1H3,(H,29,33)(H,30,34)(H,31,32)/b18-11+. The number of rotatable bonds is 8. The summed E-state index contributed by atoms with van der Waals surface area (Å²) in [5.41, 5.74) is 4.12. The first-order valence-electron chi connectivity index (χ1n) is 12.1. The third-order valence-corrected chi connectivity index (χ3v) is 8.16. The fraction of sp³-hybridized carbons (Fsp3) is 0.393. The van der Waals surface area contributed by atoms with Crippen molar-refractivity contribution >= 4 is 18.0 Å². The number of nitrogens with one attached hydrogen (secondary N) is 2. The number of carbonyl (C=O) groups is 3. The molecule has 182 valence electrons. The van der Waals surface area contributed by atoms with Gasteiger partial charge in [-0.1, -0.05) is 61.0 Å². The number of carboxylic acids is 1. The minimum Gasteiger partial charge on any atom is -0.478 e. The molecule has 5 rings (SSSR count). The van der Waals surface area contributed by atoms with Crippen molar-refractivity contribution < 1.29 is 24.2 Å². The van der Waals surface area contributed by atoms with E-state index >= 15 is 0 Å². The molecule has 7 nitrogen and oxygen atoms in total. The number of hydrogen-bond donors (Lipinski definition) is 3. The van der Waals surface area contributed by atoms with Gasteiger partial charge in [0.2, 0.25) is 5.91 Å². The van der Waals surface area contributed by atoms with Crippen molar-refractivity contribution in [1.82, 2.24) is 10.6 Å². The summed E-state index contributed by atoms with van der Waals surface area (Å²) >= 11 is 0. The van der Waals surface area contributed by atoms with Crippen LogP contribution < -0.4 is 10.6 Å². The van der Waals surface area contributed by atoms with Crippen LogP contribution in [0.15, 0.2) is 60.2 Å². The quantitative estimate of drug-likeness (QED) is 0.497. The lowest BCUT2D eigenvalue weighted by molar-refractivity contribution is -0.132. The van der Waals surface area contributed by atoms with E-state index < -0.39 is 17.5 Å². The molecule has 7 heteroatoms. The number of hydrogen-bond acceptors (Lipinski definition) is 4. The van der Waals surface area contributed by atoms with E-state index in [1.165, 1.54) is 24.1 Å². The Kier molecular flexibility index (Phi) is 5.87. The number of ether oxygens (including phenoxy) is 1. The van der Waals surface area contributed by atoms with Crippen molar-refractivity contribution in [2.75, 3.05) is 19.7 Å². The van der Waals surface area contributed by atoms with E-state index in [-0.39, 0.29) is 42.5 Å². The van der Waals surface area contributed by atoms with Gasteiger partial charge >= 0.3 is 12.1 Å². The molecule has 2 fully saturated rings. The third kappa shape index (κ3) is 3.99. The summed E-state index contributed by atoms with van der Waals surface area (Å²) in [7, 11) is 0. The second-order valence-electron chi connectivity index (χ2n) is 9.97. The second-order valence-corrected chi connectivity index (χ2v) is 9.97. The summed E-state index contributed by atoms with van der Waals surface area (Å²) in [5.74, 6) is -1.16. The molecule has 1 spiro atoms. The SMILES string of the molecule is C/C(=C\CNC(=O)C1(CNC(=O)OCC2c3ccccc3-c3ccccc32)CC12CCC2)C(=O)O. The van der Waals surface area contributed by atoms with Crippen LogP contribution in [0.2, 0.25) is 0 Å². The Morgan fingerprint density at radius 1 is 1.03 bits per heavy atom. The van der Waals surface area contributed by atoms with Crippen molar-refractivity contribution in [3.8, 4) is 11.1 Å². The molecule has 2 aromatic carbocycles. The zero-order chi connectivity index (χ0) is 24.6. The molecule has 1 atom stereocenters. The van der Waals surface area contributed by atoms with E-state index in [2.05, 4.69) is 34.9 Å². The minimum atomic E-state index is -1.01. The summed E-state index contributed by atoms with van der Waals surface area (Å²) in [6.45, 7) is 2.09. The van der Waals surface area contributed by atoms with Gasteiger partial charge in [0, 0.05) is 24.6 Å². The molecule has 35 heavy (non-hydrogen) atoms. The first kappa shape index (κ1) is 23.1. The van der Waals surface area contributed by atoms with Crippen LogP contribution in [0.5, 0.6) is 0 Å². The van der Waals surface area contributed by atoms with Gasteiger partial charge in [0.1, 0.15) is 6.61 Å². The number of carboxylic acid groups (broad SMARTS) is 1. The molecule has 0 saturated heterocycles. The molecule has 0 heterocycles. The molecule has 1 unspecified atom stereocenters. The lowest BCUT2D eigenvalue weighted by Gasteiger charge is -2.32. The van der Waals surface area contributed by atoms with Gasteiger partial charge < -0.3 is 20.5 Å². The van der Waals surface area contributed by atoms with Crippen LogP contribution >= 0.6 is 0 Å². The van der Waals surface area contributed by atoms with E-state index in [0.717, 1.165) is 36.8 Å². The van der Waals surface area contributed by atoms with Crippen LogP contribution in [0.25, 0.3) is 11.1 Å². The lowest BCUT2D eigenvalue weighted by Crippen LogP contribution is -2.45. The fourth-order valence-corrected chi connectivity index (χ4v) is 5.87. The average Bonchev–Trinajstić information content (AvgIpc) is 3.45. The monoisotopic (exact) mass is 474 g/mol. The first-order chi connectivity index (χ1) is 16.9. The summed E-state index contributed by atoms with van der Waals surface area (Å²) in [6.07, 6.45) is 4.72. The molecular formula is C28H30N2O5. The Balaban J connectivity index is 1.20. The topological polar surface area (TPSA) is 105 Å². The molecule has 0 radical (unpaired) electrons. The van der Waals surface area contributed by atoms with Crippen LogP contribution in [0.1, 0.15) is 49.7 Å². The number of amides is 2. The number of carbonyl (C=O) groups excluding carboxylic acids is 2. The van der Waals surface area contributed by atoms with E-state index in [1.807, 2.05) is 24.3 Å². The first-order valence-corrected chi connectivity index (χ1v) is 12.1. The number of benzene rings is 2. The molecule has 0 aromatic heterocycles. The van der Waals surface area contributed by atoms with Crippen molar-refractivity contribution in [3.63, 3.8) is 0 Å². The maximum atomic E-state index is 13.1. The molecule has 2 saturated carbocycles. The van der Waals surface area contributed by atoms with Crippen molar-refractivity contribution in [2.24, 2.45) is 10.8 Å². The Hall–Kier alpha value is -3.61. The molecule has 2 aromatic rings. The van der Waals surface area contributed by atoms with Gasteiger partial charge in [0.25, 0.3) is 0 Å². The highest BCUT2D eigenvalue weighted by molar-refractivity contribution is 5.89. The van der Waals surface area contributed by atoms with E-state index in [0.29, 0.717) is 0 Å². The van der Waals surface area contributed by atoms with Crippen LogP contribution in [0.3, 0.4) is 0 Å². The molecule has 0 bridgehead atoms. The summed E-state index contributed by atoms with van der Waals surface area (Å²) in [5, 5.41) is 14.7. The van der Waals surface area contributed by atoms with Gasteiger partial charge in [-0.05, 0) is 53.9 Å². The molecule has 3 N–H and O–H groups in total. The summed E-state index contributed by atoms with van der Waals surface area (Å²) in [4.78, 5) is 36.7. The minimum absolute atomic E-state index is 0.0198. The second kappa shape index (κ2) is 8.87. The normalized spacial score (nSPS) is 21.5. The van der Waals surface area contributed by atoms with Gasteiger partial charge in [0.15, 0.2) is 0 Å². The van der Waals surface area contributed by atoms with Crippen molar-refractivity contribution in [1.29, 1.82) is 0 Å².